The van der Waals surface area contributed by atoms with Crippen LogP contribution in [-0.2, 0) is 14.3 Å². The molecule has 2 N–H and O–H groups in total. The number of fused-ring (bicyclic) bond motifs is 1. The predicted molar refractivity (Wildman–Crippen MR) is 114 cm³/mol. The minimum absolute atomic E-state index is 0.114. The SMILES string of the molecule is CCOC(=O)C(C)Oc1ccc(/C=N/NC(=O)CNC(=O)c2ccc3c(c2)OCO3)cc1. The molecule has 0 saturated carbocycles. The van der Waals surface area contributed by atoms with Gasteiger partial charge >= 0.3 is 5.97 Å². The molecule has 2 amide bonds. The van der Waals surface area contributed by atoms with Crippen molar-refractivity contribution in [2.24, 2.45) is 5.10 Å². The number of carbonyl (C=O) groups is 3. The molecule has 1 unspecified atom stereocenters. The number of hydrazone groups is 1. The fraction of sp³-hybridized carbons (Fsp3) is 0.273. The third-order valence-corrected chi connectivity index (χ3v) is 4.26. The summed E-state index contributed by atoms with van der Waals surface area (Å²) >= 11 is 0. The van der Waals surface area contributed by atoms with Crippen LogP contribution in [0.1, 0.15) is 29.8 Å². The highest BCUT2D eigenvalue weighted by molar-refractivity contribution is 5.97. The summed E-state index contributed by atoms with van der Waals surface area (Å²) in [4.78, 5) is 35.7. The van der Waals surface area contributed by atoms with Crippen LogP contribution in [0.2, 0.25) is 0 Å². The first-order valence-electron chi connectivity index (χ1n) is 9.89. The van der Waals surface area contributed by atoms with Crippen molar-refractivity contribution < 1.29 is 33.3 Å². The van der Waals surface area contributed by atoms with Crippen LogP contribution in [0.4, 0.5) is 0 Å². The fourth-order valence-corrected chi connectivity index (χ4v) is 2.66. The zero-order chi connectivity index (χ0) is 22.9. The summed E-state index contributed by atoms with van der Waals surface area (Å²) in [5.41, 5.74) is 3.39. The van der Waals surface area contributed by atoms with Crippen LogP contribution >= 0.6 is 0 Å². The number of carbonyl (C=O) groups excluding carboxylic acids is 3. The molecule has 0 aromatic heterocycles. The Morgan fingerprint density at radius 1 is 1.12 bits per heavy atom. The second kappa shape index (κ2) is 10.8. The smallest absolute Gasteiger partial charge is 0.347 e. The molecule has 10 nitrogen and oxygen atoms in total. The van der Waals surface area contributed by atoms with Crippen molar-refractivity contribution in [3.8, 4) is 17.2 Å². The third kappa shape index (κ3) is 6.21. The van der Waals surface area contributed by atoms with E-state index in [-0.39, 0.29) is 19.9 Å². The Kier molecular flexibility index (Phi) is 7.63. The van der Waals surface area contributed by atoms with Crippen molar-refractivity contribution in [2.45, 2.75) is 20.0 Å². The average molecular weight is 441 g/mol. The lowest BCUT2D eigenvalue weighted by molar-refractivity contribution is -0.150. The molecular formula is C22H23N3O7. The Balaban J connectivity index is 1.42. The van der Waals surface area contributed by atoms with Crippen LogP contribution in [0.15, 0.2) is 47.6 Å². The van der Waals surface area contributed by atoms with Gasteiger partial charge in [-0.1, -0.05) is 0 Å². The quantitative estimate of drug-likeness (QED) is 0.344. The number of ether oxygens (including phenoxy) is 4. The summed E-state index contributed by atoms with van der Waals surface area (Å²) in [6.07, 6.45) is 0.720. The molecule has 0 aliphatic carbocycles. The number of hydrogen-bond donors (Lipinski definition) is 2. The maximum absolute atomic E-state index is 12.2. The molecule has 0 radical (unpaired) electrons. The van der Waals surface area contributed by atoms with E-state index in [4.69, 9.17) is 18.9 Å². The van der Waals surface area contributed by atoms with Gasteiger partial charge in [-0.05, 0) is 61.9 Å². The summed E-state index contributed by atoms with van der Waals surface area (Å²) < 4.78 is 20.8. The topological polar surface area (TPSA) is 125 Å². The molecule has 2 aromatic rings. The standard InChI is InChI=1S/C22H23N3O7/c1-3-29-22(28)14(2)32-17-7-4-15(5-8-17)11-24-25-20(26)12-23-21(27)16-6-9-18-19(10-16)31-13-30-18/h4-11,14H,3,12-13H2,1-2H3,(H,23,27)(H,25,26)/b24-11+. The van der Waals surface area contributed by atoms with E-state index >= 15 is 0 Å². The number of benzene rings is 2. The van der Waals surface area contributed by atoms with Crippen molar-refractivity contribution in [1.82, 2.24) is 10.7 Å². The van der Waals surface area contributed by atoms with E-state index in [1.54, 1.807) is 56.3 Å². The first-order chi connectivity index (χ1) is 15.5. The molecule has 0 fully saturated rings. The second-order valence-corrected chi connectivity index (χ2v) is 6.63. The Morgan fingerprint density at radius 3 is 2.62 bits per heavy atom. The van der Waals surface area contributed by atoms with Crippen LogP contribution in [0.25, 0.3) is 0 Å². The van der Waals surface area contributed by atoms with Gasteiger partial charge in [-0.25, -0.2) is 10.2 Å². The van der Waals surface area contributed by atoms with Crippen LogP contribution in [-0.4, -0.2) is 50.0 Å². The summed E-state index contributed by atoms with van der Waals surface area (Å²) in [7, 11) is 0. The lowest BCUT2D eigenvalue weighted by Gasteiger charge is -2.13. The van der Waals surface area contributed by atoms with Crippen LogP contribution in [0.3, 0.4) is 0 Å². The van der Waals surface area contributed by atoms with E-state index < -0.39 is 23.9 Å². The molecule has 1 atom stereocenters. The van der Waals surface area contributed by atoms with Gasteiger partial charge in [0, 0.05) is 5.56 Å². The number of esters is 1. The lowest BCUT2D eigenvalue weighted by atomic mass is 10.2. The number of nitrogens with one attached hydrogen (secondary N) is 2. The monoisotopic (exact) mass is 441 g/mol. The van der Waals surface area contributed by atoms with Gasteiger partial charge in [0.05, 0.1) is 19.4 Å². The minimum Gasteiger partial charge on any atom is -0.479 e. The minimum atomic E-state index is -0.721. The number of hydrogen-bond acceptors (Lipinski definition) is 8. The summed E-state index contributed by atoms with van der Waals surface area (Å²) in [5.74, 6) is 0.207. The Labute approximate surface area is 184 Å². The number of amides is 2. The van der Waals surface area contributed by atoms with Crippen molar-refractivity contribution in [3.63, 3.8) is 0 Å². The van der Waals surface area contributed by atoms with Gasteiger partial charge in [0.15, 0.2) is 17.6 Å². The molecule has 1 aliphatic rings. The normalized spacial score (nSPS) is 12.8. The van der Waals surface area contributed by atoms with Gasteiger partial charge in [0.2, 0.25) is 6.79 Å². The zero-order valence-corrected chi connectivity index (χ0v) is 17.6. The molecule has 3 rings (SSSR count). The highest BCUT2D eigenvalue weighted by Gasteiger charge is 2.17. The van der Waals surface area contributed by atoms with Gasteiger partial charge in [-0.2, -0.15) is 5.10 Å². The zero-order valence-electron chi connectivity index (χ0n) is 17.6. The molecule has 0 bridgehead atoms. The van der Waals surface area contributed by atoms with Gasteiger partial charge < -0.3 is 24.3 Å². The van der Waals surface area contributed by atoms with Gasteiger partial charge in [0.1, 0.15) is 5.75 Å². The highest BCUT2D eigenvalue weighted by Crippen LogP contribution is 2.32. The number of nitrogens with zero attached hydrogens (tertiary/aromatic N) is 1. The average Bonchev–Trinajstić information content (AvgIpc) is 3.26. The Morgan fingerprint density at radius 2 is 1.88 bits per heavy atom. The predicted octanol–water partition coefficient (Wildman–Crippen LogP) is 1.63. The molecule has 10 heteroatoms. The van der Waals surface area contributed by atoms with Crippen molar-refractivity contribution in [3.05, 3.63) is 53.6 Å². The van der Waals surface area contributed by atoms with E-state index in [0.29, 0.717) is 28.4 Å². The van der Waals surface area contributed by atoms with Crippen molar-refractivity contribution in [1.29, 1.82) is 0 Å². The van der Waals surface area contributed by atoms with E-state index in [0.717, 1.165) is 0 Å². The second-order valence-electron chi connectivity index (χ2n) is 6.63. The van der Waals surface area contributed by atoms with Crippen LogP contribution in [0.5, 0.6) is 17.2 Å². The van der Waals surface area contributed by atoms with E-state index in [1.165, 1.54) is 6.21 Å². The Hall–Kier alpha value is -4.08. The molecule has 1 heterocycles. The maximum Gasteiger partial charge on any atom is 0.347 e. The summed E-state index contributed by atoms with van der Waals surface area (Å²) in [6, 6.07) is 11.5. The number of rotatable bonds is 9. The van der Waals surface area contributed by atoms with Crippen LogP contribution in [0, 0.1) is 0 Å². The summed E-state index contributed by atoms with van der Waals surface area (Å²) in [6.45, 7) is 3.49. The maximum atomic E-state index is 12.2. The molecule has 1 aliphatic heterocycles. The first-order valence-corrected chi connectivity index (χ1v) is 9.89. The van der Waals surface area contributed by atoms with E-state index in [1.807, 2.05) is 0 Å². The van der Waals surface area contributed by atoms with E-state index in [2.05, 4.69) is 15.8 Å². The highest BCUT2D eigenvalue weighted by atomic mass is 16.7. The lowest BCUT2D eigenvalue weighted by Crippen LogP contribution is -2.34. The molecular weight excluding hydrogens is 418 g/mol. The van der Waals surface area contributed by atoms with Gasteiger partial charge in [-0.3, -0.25) is 9.59 Å². The largest absolute Gasteiger partial charge is 0.479 e. The van der Waals surface area contributed by atoms with E-state index in [9.17, 15) is 14.4 Å². The Bertz CT molecular complexity index is 1010. The molecule has 2 aromatic carbocycles. The fourth-order valence-electron chi connectivity index (χ4n) is 2.66. The third-order valence-electron chi connectivity index (χ3n) is 4.26. The van der Waals surface area contributed by atoms with Crippen molar-refractivity contribution in [2.75, 3.05) is 19.9 Å². The van der Waals surface area contributed by atoms with Gasteiger partial charge in [-0.15, -0.1) is 0 Å². The van der Waals surface area contributed by atoms with Gasteiger partial charge in [0.25, 0.3) is 11.8 Å². The van der Waals surface area contributed by atoms with Crippen LogP contribution < -0.4 is 25.0 Å². The first kappa shape index (κ1) is 22.6. The van der Waals surface area contributed by atoms with Crippen molar-refractivity contribution >= 4 is 24.0 Å². The molecule has 0 saturated heterocycles. The summed E-state index contributed by atoms with van der Waals surface area (Å²) in [5, 5.41) is 6.36. The molecule has 0 spiro atoms. The molecule has 168 valence electrons. The molecule has 32 heavy (non-hydrogen) atoms.